The van der Waals surface area contributed by atoms with Gasteiger partial charge >= 0.3 is 6.03 Å². The van der Waals surface area contributed by atoms with E-state index in [0.717, 1.165) is 16.9 Å². The lowest BCUT2D eigenvalue weighted by atomic mass is 10.1. The molecule has 6 heteroatoms. The van der Waals surface area contributed by atoms with Crippen LogP contribution in [0.5, 0.6) is 0 Å². The first-order chi connectivity index (χ1) is 11.7. The van der Waals surface area contributed by atoms with Gasteiger partial charge in [-0.05, 0) is 36.4 Å². The zero-order valence-electron chi connectivity index (χ0n) is 12.8. The summed E-state index contributed by atoms with van der Waals surface area (Å²) in [7, 11) is 0. The van der Waals surface area contributed by atoms with E-state index in [9.17, 15) is 4.79 Å². The molecule has 24 heavy (non-hydrogen) atoms. The van der Waals surface area contributed by atoms with E-state index >= 15 is 0 Å². The van der Waals surface area contributed by atoms with Crippen LogP contribution in [0.3, 0.4) is 0 Å². The van der Waals surface area contributed by atoms with E-state index in [1.807, 2.05) is 48.5 Å². The van der Waals surface area contributed by atoms with Crippen LogP contribution >= 0.6 is 11.6 Å². The van der Waals surface area contributed by atoms with Crippen LogP contribution in [-0.4, -0.2) is 17.7 Å². The standard InChI is InChI=1S/C18H16ClN3O2/c19-14-8-6-13(7-9-14)17-12-16(22-24-17)10-11-20-18(23)21-15-4-2-1-3-5-15/h1-9,12H,10-11H2,(H2,20,21,23). The predicted molar refractivity (Wildman–Crippen MR) is 94.1 cm³/mol. The summed E-state index contributed by atoms with van der Waals surface area (Å²) in [6.07, 6.45) is 0.583. The third-order valence-electron chi connectivity index (χ3n) is 3.39. The van der Waals surface area contributed by atoms with Gasteiger partial charge in [0.05, 0.1) is 5.69 Å². The molecule has 0 saturated heterocycles. The van der Waals surface area contributed by atoms with E-state index in [4.69, 9.17) is 16.1 Å². The Morgan fingerprint density at radius 2 is 1.83 bits per heavy atom. The number of carbonyl (C=O) groups excluding carboxylic acids is 1. The normalized spacial score (nSPS) is 10.4. The molecule has 0 aliphatic rings. The molecule has 0 spiro atoms. The maximum atomic E-state index is 11.8. The zero-order valence-corrected chi connectivity index (χ0v) is 13.6. The number of nitrogens with one attached hydrogen (secondary N) is 2. The summed E-state index contributed by atoms with van der Waals surface area (Å²) < 4.78 is 5.32. The lowest BCUT2D eigenvalue weighted by Gasteiger charge is -2.06. The van der Waals surface area contributed by atoms with Gasteiger partial charge < -0.3 is 15.2 Å². The number of rotatable bonds is 5. The molecule has 0 saturated carbocycles. The molecule has 0 unspecified atom stereocenters. The quantitative estimate of drug-likeness (QED) is 0.724. The van der Waals surface area contributed by atoms with Gasteiger partial charge in [0.2, 0.25) is 0 Å². The molecular formula is C18H16ClN3O2. The molecule has 2 amide bonds. The summed E-state index contributed by atoms with van der Waals surface area (Å²) in [6, 6.07) is 18.2. The second-order valence-electron chi connectivity index (χ2n) is 5.19. The Bertz CT molecular complexity index is 801. The Morgan fingerprint density at radius 3 is 2.58 bits per heavy atom. The lowest BCUT2D eigenvalue weighted by Crippen LogP contribution is -2.30. The molecule has 3 aromatic rings. The van der Waals surface area contributed by atoms with Crippen molar-refractivity contribution in [1.82, 2.24) is 10.5 Å². The molecule has 1 heterocycles. The average Bonchev–Trinajstić information content (AvgIpc) is 3.05. The fraction of sp³-hybridized carbons (Fsp3) is 0.111. The number of urea groups is 1. The maximum Gasteiger partial charge on any atom is 0.319 e. The summed E-state index contributed by atoms with van der Waals surface area (Å²) >= 11 is 5.87. The van der Waals surface area contributed by atoms with Gasteiger partial charge in [0.1, 0.15) is 0 Å². The zero-order chi connectivity index (χ0) is 16.8. The summed E-state index contributed by atoms with van der Waals surface area (Å²) in [5.74, 6) is 0.676. The van der Waals surface area contributed by atoms with E-state index in [1.165, 1.54) is 0 Å². The number of benzene rings is 2. The van der Waals surface area contributed by atoms with Crippen LogP contribution in [0.25, 0.3) is 11.3 Å². The maximum absolute atomic E-state index is 11.8. The van der Waals surface area contributed by atoms with Crippen LogP contribution in [0, 0.1) is 0 Å². The van der Waals surface area contributed by atoms with Crippen molar-refractivity contribution in [2.75, 3.05) is 11.9 Å². The van der Waals surface area contributed by atoms with Crippen molar-refractivity contribution in [2.45, 2.75) is 6.42 Å². The van der Waals surface area contributed by atoms with Crippen molar-refractivity contribution in [2.24, 2.45) is 0 Å². The van der Waals surface area contributed by atoms with Crippen LogP contribution in [0.2, 0.25) is 5.02 Å². The topological polar surface area (TPSA) is 67.2 Å². The van der Waals surface area contributed by atoms with Crippen molar-refractivity contribution in [3.63, 3.8) is 0 Å². The second kappa shape index (κ2) is 7.66. The highest BCUT2D eigenvalue weighted by Crippen LogP contribution is 2.22. The molecule has 0 aliphatic heterocycles. The van der Waals surface area contributed by atoms with Crippen LogP contribution in [0.1, 0.15) is 5.69 Å². The lowest BCUT2D eigenvalue weighted by molar-refractivity contribution is 0.252. The summed E-state index contributed by atoms with van der Waals surface area (Å²) in [6.45, 7) is 0.464. The van der Waals surface area contributed by atoms with Crippen LogP contribution in [0.15, 0.2) is 65.2 Å². The Labute approximate surface area is 144 Å². The molecule has 0 aliphatic carbocycles. The summed E-state index contributed by atoms with van der Waals surface area (Å²) in [4.78, 5) is 11.8. The van der Waals surface area contributed by atoms with E-state index in [2.05, 4.69) is 15.8 Å². The largest absolute Gasteiger partial charge is 0.356 e. The summed E-state index contributed by atoms with van der Waals surface area (Å²) in [5.41, 5.74) is 2.44. The van der Waals surface area contributed by atoms with Crippen molar-refractivity contribution in [3.8, 4) is 11.3 Å². The molecular weight excluding hydrogens is 326 g/mol. The Hall–Kier alpha value is -2.79. The number of para-hydroxylation sites is 1. The fourth-order valence-electron chi connectivity index (χ4n) is 2.18. The first-order valence-corrected chi connectivity index (χ1v) is 7.90. The van der Waals surface area contributed by atoms with Crippen molar-refractivity contribution in [3.05, 3.63) is 71.4 Å². The second-order valence-corrected chi connectivity index (χ2v) is 5.62. The molecule has 2 aromatic carbocycles. The number of nitrogens with zero attached hydrogens (tertiary/aromatic N) is 1. The minimum absolute atomic E-state index is 0.248. The molecule has 0 radical (unpaired) electrons. The molecule has 3 rings (SSSR count). The molecule has 0 bridgehead atoms. The van der Waals surface area contributed by atoms with Crippen LogP contribution in [0.4, 0.5) is 10.5 Å². The average molecular weight is 342 g/mol. The van der Waals surface area contributed by atoms with Gasteiger partial charge in [0.25, 0.3) is 0 Å². The van der Waals surface area contributed by atoms with Gasteiger partial charge in [-0.25, -0.2) is 4.79 Å². The Kier molecular flexibility index (Phi) is 5.13. The highest BCUT2D eigenvalue weighted by molar-refractivity contribution is 6.30. The van der Waals surface area contributed by atoms with Gasteiger partial charge in [0.15, 0.2) is 5.76 Å². The van der Waals surface area contributed by atoms with E-state index < -0.39 is 0 Å². The third kappa shape index (κ3) is 4.36. The van der Waals surface area contributed by atoms with Gasteiger partial charge in [-0.1, -0.05) is 35.0 Å². The minimum Gasteiger partial charge on any atom is -0.356 e. The number of carbonyl (C=O) groups is 1. The van der Waals surface area contributed by atoms with Crippen molar-refractivity contribution < 1.29 is 9.32 Å². The van der Waals surface area contributed by atoms with Gasteiger partial charge in [-0.15, -0.1) is 0 Å². The molecule has 1 aromatic heterocycles. The van der Waals surface area contributed by atoms with Crippen molar-refractivity contribution >= 4 is 23.3 Å². The summed E-state index contributed by atoms with van der Waals surface area (Å²) in [5, 5.41) is 10.2. The minimum atomic E-state index is -0.248. The Morgan fingerprint density at radius 1 is 1.08 bits per heavy atom. The molecule has 122 valence electrons. The number of halogens is 1. The number of amides is 2. The first-order valence-electron chi connectivity index (χ1n) is 7.52. The SMILES string of the molecule is O=C(NCCc1cc(-c2ccc(Cl)cc2)on1)Nc1ccccc1. The highest BCUT2D eigenvalue weighted by atomic mass is 35.5. The number of anilines is 1. The molecule has 2 N–H and O–H groups in total. The van der Waals surface area contributed by atoms with Gasteiger partial charge in [0, 0.05) is 35.3 Å². The van der Waals surface area contributed by atoms with Crippen LogP contribution in [-0.2, 0) is 6.42 Å². The molecule has 0 fully saturated rings. The highest BCUT2D eigenvalue weighted by Gasteiger charge is 2.07. The predicted octanol–water partition coefficient (Wildman–Crippen LogP) is 4.36. The fourth-order valence-corrected chi connectivity index (χ4v) is 2.31. The van der Waals surface area contributed by atoms with E-state index in [0.29, 0.717) is 23.7 Å². The number of aromatic nitrogens is 1. The van der Waals surface area contributed by atoms with Gasteiger partial charge in [-0.3, -0.25) is 0 Å². The Balaban J connectivity index is 1.49. The van der Waals surface area contributed by atoms with Crippen LogP contribution < -0.4 is 10.6 Å². The third-order valence-corrected chi connectivity index (χ3v) is 3.64. The monoisotopic (exact) mass is 341 g/mol. The van der Waals surface area contributed by atoms with Gasteiger partial charge in [-0.2, -0.15) is 0 Å². The van der Waals surface area contributed by atoms with Crippen molar-refractivity contribution in [1.29, 1.82) is 0 Å². The van der Waals surface area contributed by atoms with E-state index in [-0.39, 0.29) is 6.03 Å². The smallest absolute Gasteiger partial charge is 0.319 e. The van der Waals surface area contributed by atoms with E-state index in [1.54, 1.807) is 12.1 Å². The molecule has 0 atom stereocenters. The number of hydrogen-bond acceptors (Lipinski definition) is 3. The molecule has 5 nitrogen and oxygen atoms in total. The number of hydrogen-bond donors (Lipinski definition) is 2. The first kappa shape index (κ1) is 16.1.